The fourth-order valence-corrected chi connectivity index (χ4v) is 1.11. The van der Waals surface area contributed by atoms with Crippen molar-refractivity contribution in [2.75, 3.05) is 14.2 Å². The second kappa shape index (κ2) is 4.55. The molecule has 1 heterocycles. The van der Waals surface area contributed by atoms with Crippen LogP contribution in [-0.4, -0.2) is 24.2 Å². The molecule has 0 amide bonds. The van der Waals surface area contributed by atoms with Gasteiger partial charge in [0, 0.05) is 20.3 Å². The Balaban J connectivity index is 3.14. The molecular formula is C10H16N2O3. The van der Waals surface area contributed by atoms with Crippen molar-refractivity contribution in [2.45, 2.75) is 26.1 Å². The smallest absolute Gasteiger partial charge is 0.251 e. The van der Waals surface area contributed by atoms with Gasteiger partial charge in [0.05, 0.1) is 12.3 Å². The Morgan fingerprint density at radius 1 is 1.47 bits per heavy atom. The summed E-state index contributed by atoms with van der Waals surface area (Å²) in [6.45, 7) is 3.99. The van der Waals surface area contributed by atoms with E-state index < -0.39 is 5.60 Å². The number of hydrogen-bond donors (Lipinski definition) is 1. The van der Waals surface area contributed by atoms with Gasteiger partial charge in [-0.15, -0.1) is 0 Å². The van der Waals surface area contributed by atoms with E-state index in [1.165, 1.54) is 6.07 Å². The SMILES string of the molecule is COCc1cc(=O)[nH]c(C(C)(C)OC)n1. The van der Waals surface area contributed by atoms with Crippen LogP contribution in [0, 0.1) is 0 Å². The Morgan fingerprint density at radius 3 is 2.67 bits per heavy atom. The van der Waals surface area contributed by atoms with E-state index in [-0.39, 0.29) is 5.56 Å². The molecule has 0 radical (unpaired) electrons. The van der Waals surface area contributed by atoms with Gasteiger partial charge in [-0.05, 0) is 13.8 Å². The normalized spacial score (nSPS) is 11.7. The predicted octanol–water partition coefficient (Wildman–Crippen LogP) is 0.798. The summed E-state index contributed by atoms with van der Waals surface area (Å²) in [7, 11) is 3.13. The van der Waals surface area contributed by atoms with Crippen LogP contribution in [0.2, 0.25) is 0 Å². The maximum atomic E-state index is 11.3. The highest BCUT2D eigenvalue weighted by Crippen LogP contribution is 2.18. The molecule has 1 aromatic rings. The summed E-state index contributed by atoms with van der Waals surface area (Å²) in [5, 5.41) is 0. The lowest BCUT2D eigenvalue weighted by atomic mass is 10.1. The zero-order chi connectivity index (χ0) is 11.5. The highest BCUT2D eigenvalue weighted by Gasteiger charge is 2.22. The average molecular weight is 212 g/mol. The van der Waals surface area contributed by atoms with E-state index >= 15 is 0 Å². The first kappa shape index (κ1) is 11.9. The second-order valence-electron chi connectivity index (χ2n) is 3.73. The zero-order valence-electron chi connectivity index (χ0n) is 9.46. The molecule has 5 nitrogen and oxygen atoms in total. The number of aromatic nitrogens is 2. The van der Waals surface area contributed by atoms with E-state index in [0.29, 0.717) is 18.1 Å². The van der Waals surface area contributed by atoms with Crippen LogP contribution in [0.15, 0.2) is 10.9 Å². The van der Waals surface area contributed by atoms with Crippen molar-refractivity contribution < 1.29 is 9.47 Å². The van der Waals surface area contributed by atoms with Crippen molar-refractivity contribution in [3.8, 4) is 0 Å². The Bertz CT molecular complexity index is 384. The maximum Gasteiger partial charge on any atom is 0.251 e. The summed E-state index contributed by atoms with van der Waals surface area (Å²) in [4.78, 5) is 18.3. The standard InChI is InChI=1S/C10H16N2O3/c1-10(2,15-4)9-11-7(6-14-3)5-8(13)12-9/h5H,6H2,1-4H3,(H,11,12,13). The predicted molar refractivity (Wildman–Crippen MR) is 55.6 cm³/mol. The Labute approximate surface area is 88.4 Å². The maximum absolute atomic E-state index is 11.3. The summed E-state index contributed by atoms with van der Waals surface area (Å²) in [5.41, 5.74) is -0.207. The summed E-state index contributed by atoms with van der Waals surface area (Å²) >= 11 is 0. The van der Waals surface area contributed by atoms with Crippen molar-refractivity contribution >= 4 is 0 Å². The van der Waals surface area contributed by atoms with Crippen LogP contribution in [0.1, 0.15) is 25.4 Å². The van der Waals surface area contributed by atoms with Crippen molar-refractivity contribution in [3.05, 3.63) is 27.9 Å². The third-order valence-corrected chi connectivity index (χ3v) is 2.17. The molecule has 0 saturated carbocycles. The molecule has 0 fully saturated rings. The number of nitrogens with zero attached hydrogens (tertiary/aromatic N) is 1. The lowest BCUT2D eigenvalue weighted by molar-refractivity contribution is 0.0107. The molecule has 0 aliphatic heterocycles. The first-order valence-electron chi connectivity index (χ1n) is 4.64. The average Bonchev–Trinajstić information content (AvgIpc) is 2.17. The van der Waals surface area contributed by atoms with Gasteiger partial charge < -0.3 is 14.5 Å². The molecular weight excluding hydrogens is 196 g/mol. The van der Waals surface area contributed by atoms with Crippen LogP contribution >= 0.6 is 0 Å². The molecule has 0 spiro atoms. The van der Waals surface area contributed by atoms with Gasteiger partial charge in [-0.1, -0.05) is 0 Å². The van der Waals surface area contributed by atoms with Gasteiger partial charge in [0.15, 0.2) is 0 Å². The van der Waals surface area contributed by atoms with Crippen molar-refractivity contribution in [2.24, 2.45) is 0 Å². The van der Waals surface area contributed by atoms with Crippen molar-refractivity contribution in [3.63, 3.8) is 0 Å². The lowest BCUT2D eigenvalue weighted by Crippen LogP contribution is -2.27. The molecule has 0 saturated heterocycles. The second-order valence-corrected chi connectivity index (χ2v) is 3.73. The molecule has 84 valence electrons. The van der Waals surface area contributed by atoms with Crippen LogP contribution in [0.3, 0.4) is 0 Å². The van der Waals surface area contributed by atoms with Crippen molar-refractivity contribution in [1.29, 1.82) is 0 Å². The van der Waals surface area contributed by atoms with Crippen LogP contribution in [0.4, 0.5) is 0 Å². The summed E-state index contributed by atoms with van der Waals surface area (Å²) in [6.07, 6.45) is 0. The van der Waals surface area contributed by atoms with E-state index in [9.17, 15) is 4.79 Å². The number of nitrogens with one attached hydrogen (secondary N) is 1. The number of hydrogen-bond acceptors (Lipinski definition) is 4. The zero-order valence-corrected chi connectivity index (χ0v) is 9.46. The number of rotatable bonds is 4. The number of H-pyrrole nitrogens is 1. The van der Waals surface area contributed by atoms with Crippen LogP contribution in [0.5, 0.6) is 0 Å². The van der Waals surface area contributed by atoms with E-state index in [2.05, 4.69) is 9.97 Å². The summed E-state index contributed by atoms with van der Waals surface area (Å²) in [6, 6.07) is 1.42. The minimum Gasteiger partial charge on any atom is -0.378 e. The highest BCUT2D eigenvalue weighted by molar-refractivity contribution is 5.06. The van der Waals surface area contributed by atoms with E-state index in [4.69, 9.17) is 9.47 Å². The largest absolute Gasteiger partial charge is 0.378 e. The van der Waals surface area contributed by atoms with Gasteiger partial charge in [0.25, 0.3) is 5.56 Å². The van der Waals surface area contributed by atoms with Crippen LogP contribution < -0.4 is 5.56 Å². The van der Waals surface area contributed by atoms with Gasteiger partial charge in [0.2, 0.25) is 0 Å². The van der Waals surface area contributed by atoms with Crippen LogP contribution in [0.25, 0.3) is 0 Å². The molecule has 1 rings (SSSR count). The topological polar surface area (TPSA) is 64.2 Å². The first-order valence-corrected chi connectivity index (χ1v) is 4.64. The number of ether oxygens (including phenoxy) is 2. The van der Waals surface area contributed by atoms with E-state index in [1.807, 2.05) is 13.8 Å². The third-order valence-electron chi connectivity index (χ3n) is 2.17. The Morgan fingerprint density at radius 2 is 2.13 bits per heavy atom. The van der Waals surface area contributed by atoms with Crippen LogP contribution in [-0.2, 0) is 21.7 Å². The molecule has 0 aromatic carbocycles. The molecule has 1 N–H and O–H groups in total. The third kappa shape index (κ3) is 2.87. The summed E-state index contributed by atoms with van der Waals surface area (Å²) in [5.74, 6) is 0.504. The van der Waals surface area contributed by atoms with Gasteiger partial charge in [-0.2, -0.15) is 0 Å². The molecule has 0 aliphatic carbocycles. The molecule has 0 atom stereocenters. The highest BCUT2D eigenvalue weighted by atomic mass is 16.5. The van der Waals surface area contributed by atoms with Crippen molar-refractivity contribution in [1.82, 2.24) is 9.97 Å². The van der Waals surface area contributed by atoms with Gasteiger partial charge in [0.1, 0.15) is 11.4 Å². The van der Waals surface area contributed by atoms with Gasteiger partial charge >= 0.3 is 0 Å². The van der Waals surface area contributed by atoms with Gasteiger partial charge in [-0.25, -0.2) is 4.98 Å². The minimum absolute atomic E-state index is 0.197. The van der Waals surface area contributed by atoms with Gasteiger partial charge in [-0.3, -0.25) is 4.79 Å². The fraction of sp³-hybridized carbons (Fsp3) is 0.600. The Kier molecular flexibility index (Phi) is 3.60. The lowest BCUT2D eigenvalue weighted by Gasteiger charge is -2.21. The molecule has 15 heavy (non-hydrogen) atoms. The molecule has 1 aromatic heterocycles. The molecule has 0 bridgehead atoms. The monoisotopic (exact) mass is 212 g/mol. The molecule has 5 heteroatoms. The van der Waals surface area contributed by atoms with E-state index in [0.717, 1.165) is 0 Å². The molecule has 0 aliphatic rings. The number of aromatic amines is 1. The molecule has 0 unspecified atom stereocenters. The summed E-state index contributed by atoms with van der Waals surface area (Å²) < 4.78 is 10.2. The fourth-order valence-electron chi connectivity index (χ4n) is 1.11. The minimum atomic E-state index is -0.608. The Hall–Kier alpha value is -1.20. The van der Waals surface area contributed by atoms with E-state index in [1.54, 1.807) is 14.2 Å². The quantitative estimate of drug-likeness (QED) is 0.801. The first-order chi connectivity index (χ1) is 6.99. The number of methoxy groups -OCH3 is 2.